The zero-order valence-electron chi connectivity index (χ0n) is 2.36. The Balaban J connectivity index is 0. The minimum atomic E-state index is 0. The first-order valence-corrected chi connectivity index (χ1v) is 0. The molecule has 4 heteroatoms. The van der Waals surface area contributed by atoms with Crippen molar-refractivity contribution in [2.75, 3.05) is 0 Å². The summed E-state index contributed by atoms with van der Waals surface area (Å²) in [6.45, 7) is 0. The van der Waals surface area contributed by atoms with E-state index in [0.717, 1.165) is 0 Å². The van der Waals surface area contributed by atoms with Gasteiger partial charge < -0.3 is 5.48 Å². The minimum absolute atomic E-state index is 0. The van der Waals surface area contributed by atoms with Crippen LogP contribution in [0.3, 0.4) is 0 Å². The summed E-state index contributed by atoms with van der Waals surface area (Å²) >= 11 is 0. The molecular weight excluding hydrogens is 432 g/mol. The second kappa shape index (κ2) is 17.7. The minimum Gasteiger partial charge on any atom is -0.412 e. The summed E-state index contributed by atoms with van der Waals surface area (Å²) in [6, 6.07) is 0. The van der Waals surface area contributed by atoms with Gasteiger partial charge in [-0.1, -0.05) is 0 Å². The molecular formula is H2BiNaOW. The largest absolute Gasteiger partial charge is 0.412 e. The first-order chi connectivity index (χ1) is 0. The van der Waals surface area contributed by atoms with Crippen LogP contribution in [0.4, 0.5) is 0 Å². The van der Waals surface area contributed by atoms with Gasteiger partial charge in [-0.2, -0.15) is 0 Å². The third-order valence-corrected chi connectivity index (χ3v) is 0. The summed E-state index contributed by atoms with van der Waals surface area (Å²) in [5, 5.41) is 0. The maximum atomic E-state index is 0. The zero-order chi connectivity index (χ0) is 0. The van der Waals surface area contributed by atoms with Crippen LogP contribution in [0.15, 0.2) is 0 Å². The van der Waals surface area contributed by atoms with Gasteiger partial charge in [-0.3, -0.25) is 0 Å². The molecule has 0 saturated heterocycles. The molecule has 0 aromatic heterocycles. The Labute approximate surface area is 80.9 Å². The van der Waals surface area contributed by atoms with E-state index in [1.807, 2.05) is 0 Å². The summed E-state index contributed by atoms with van der Waals surface area (Å²) in [5.74, 6) is 0. The van der Waals surface area contributed by atoms with Crippen molar-refractivity contribution in [1.82, 2.24) is 0 Å². The van der Waals surface area contributed by atoms with Crippen molar-refractivity contribution >= 4 is 55.8 Å². The second-order valence-corrected chi connectivity index (χ2v) is 0. The molecule has 0 aliphatic rings. The molecule has 0 rings (SSSR count). The molecule has 0 atom stereocenters. The molecule has 1 nitrogen and oxygen atoms in total. The Morgan fingerprint density at radius 2 is 1.00 bits per heavy atom. The summed E-state index contributed by atoms with van der Waals surface area (Å²) in [6.07, 6.45) is 0. The van der Waals surface area contributed by atoms with Crippen molar-refractivity contribution in [2.24, 2.45) is 0 Å². The van der Waals surface area contributed by atoms with Gasteiger partial charge in [0.25, 0.3) is 0 Å². The van der Waals surface area contributed by atoms with Gasteiger partial charge in [0.1, 0.15) is 0 Å². The quantitative estimate of drug-likeness (QED) is 0.413. The molecule has 0 saturated carbocycles. The molecule has 20 valence electrons. The van der Waals surface area contributed by atoms with Crippen molar-refractivity contribution in [1.29, 1.82) is 0 Å². The monoisotopic (exact) mass is 434 g/mol. The van der Waals surface area contributed by atoms with E-state index in [4.69, 9.17) is 0 Å². The average Bonchev–Trinajstić information content (AvgIpc) is 0. The number of hydrogen-bond donors (Lipinski definition) is 0. The smallest absolute Gasteiger partial charge is 0 e. The van der Waals surface area contributed by atoms with Crippen LogP contribution in [-0.2, 0) is 21.1 Å². The van der Waals surface area contributed by atoms with Crippen LogP contribution in [-0.4, -0.2) is 61.2 Å². The van der Waals surface area contributed by atoms with Crippen LogP contribution in [0.25, 0.3) is 0 Å². The van der Waals surface area contributed by atoms with Crippen molar-refractivity contribution in [3.63, 3.8) is 0 Å². The van der Waals surface area contributed by atoms with Gasteiger partial charge >= 0.3 is 0 Å². The topological polar surface area (TPSA) is 31.5 Å². The van der Waals surface area contributed by atoms with Gasteiger partial charge in [-0.05, 0) is 0 Å². The van der Waals surface area contributed by atoms with Crippen LogP contribution in [0.5, 0.6) is 0 Å². The molecule has 4 radical (unpaired) electrons. The van der Waals surface area contributed by atoms with E-state index in [-0.39, 0.29) is 82.3 Å². The van der Waals surface area contributed by atoms with Crippen molar-refractivity contribution < 1.29 is 26.5 Å². The van der Waals surface area contributed by atoms with E-state index in [1.54, 1.807) is 0 Å². The second-order valence-electron chi connectivity index (χ2n) is 0. The molecule has 0 aromatic rings. The molecule has 0 bridgehead atoms. The summed E-state index contributed by atoms with van der Waals surface area (Å²) in [7, 11) is 0. The first-order valence-electron chi connectivity index (χ1n) is 0. The fourth-order valence-corrected chi connectivity index (χ4v) is 0. The van der Waals surface area contributed by atoms with E-state index < -0.39 is 0 Å². The average molecular weight is 434 g/mol. The van der Waals surface area contributed by atoms with Gasteiger partial charge in [0, 0.05) is 76.8 Å². The molecule has 0 aliphatic heterocycles. The molecule has 0 fully saturated rings. The Bertz CT molecular complexity index is 8.00. The maximum absolute atomic E-state index is 0. The van der Waals surface area contributed by atoms with Gasteiger partial charge in [0.15, 0.2) is 0 Å². The fourth-order valence-electron chi connectivity index (χ4n) is 0. The molecule has 0 unspecified atom stereocenters. The fraction of sp³-hybridized carbons (Fsp3) is 0. The Hall–Kier alpha value is 2.53. The Morgan fingerprint density at radius 3 is 1.00 bits per heavy atom. The van der Waals surface area contributed by atoms with Gasteiger partial charge in [-0.25, -0.2) is 0 Å². The van der Waals surface area contributed by atoms with Gasteiger partial charge in [0.05, 0.1) is 0 Å². The predicted molar refractivity (Wildman–Crippen MR) is 15.1 cm³/mol. The standard InChI is InChI=1S/Bi.Na.H2O.W/h;;1H2;. The number of hydrogen-bond acceptors (Lipinski definition) is 0. The molecule has 4 heavy (non-hydrogen) atoms. The third-order valence-electron chi connectivity index (χ3n) is 0. The Kier molecular flexibility index (Phi) is 138. The van der Waals surface area contributed by atoms with Crippen LogP contribution in [0.1, 0.15) is 0 Å². The van der Waals surface area contributed by atoms with E-state index >= 15 is 0 Å². The third kappa shape index (κ3) is 8.82. The van der Waals surface area contributed by atoms with Crippen LogP contribution >= 0.6 is 0 Å². The van der Waals surface area contributed by atoms with Crippen LogP contribution in [0, 0.1) is 0 Å². The van der Waals surface area contributed by atoms with Crippen molar-refractivity contribution in [2.45, 2.75) is 0 Å². The molecule has 0 spiro atoms. The SMILES string of the molecule is O.[Bi].[Na].[W]. The Morgan fingerprint density at radius 1 is 1.00 bits per heavy atom. The summed E-state index contributed by atoms with van der Waals surface area (Å²) < 4.78 is 0. The molecule has 2 N–H and O–H groups in total. The van der Waals surface area contributed by atoms with Gasteiger partial charge in [0.2, 0.25) is 0 Å². The maximum Gasteiger partial charge on any atom is 0 e. The van der Waals surface area contributed by atoms with E-state index in [2.05, 4.69) is 0 Å². The summed E-state index contributed by atoms with van der Waals surface area (Å²) in [5.41, 5.74) is 0. The zero-order valence-corrected chi connectivity index (χ0v) is 10.8. The van der Waals surface area contributed by atoms with Crippen LogP contribution in [0.2, 0.25) is 0 Å². The molecule has 0 aliphatic carbocycles. The van der Waals surface area contributed by atoms with E-state index in [9.17, 15) is 0 Å². The predicted octanol–water partition coefficient (Wildman–Crippen LogP) is -1.59. The van der Waals surface area contributed by atoms with Crippen molar-refractivity contribution in [3.8, 4) is 0 Å². The first kappa shape index (κ1) is 31.2. The molecule has 0 heterocycles. The van der Waals surface area contributed by atoms with Crippen molar-refractivity contribution in [3.05, 3.63) is 0 Å². The summed E-state index contributed by atoms with van der Waals surface area (Å²) in [4.78, 5) is 0. The van der Waals surface area contributed by atoms with E-state index in [0.29, 0.717) is 0 Å². The van der Waals surface area contributed by atoms with E-state index in [1.165, 1.54) is 0 Å². The number of rotatable bonds is 0. The van der Waals surface area contributed by atoms with Gasteiger partial charge in [-0.15, -0.1) is 0 Å². The molecule has 0 aromatic carbocycles. The molecule has 0 amide bonds. The normalized spacial score (nSPS) is 0. The van der Waals surface area contributed by atoms with Crippen LogP contribution < -0.4 is 0 Å².